The molecule has 3 fully saturated rings. The molecule has 0 atom stereocenters. The molecule has 6 nitrogen and oxygen atoms in total. The summed E-state index contributed by atoms with van der Waals surface area (Å²) in [5, 5.41) is 9.90. The fourth-order valence-electron chi connectivity index (χ4n) is 6.22. The number of nitrogens with zero attached hydrogens (tertiary/aromatic N) is 6. The van der Waals surface area contributed by atoms with E-state index in [1.54, 1.807) is 13.0 Å². The van der Waals surface area contributed by atoms with Crippen LogP contribution in [0.1, 0.15) is 54.5 Å². The number of fused-ring (bicyclic) bond motifs is 3. The summed E-state index contributed by atoms with van der Waals surface area (Å²) in [5.41, 5.74) is 1.77. The van der Waals surface area contributed by atoms with Gasteiger partial charge in [-0.15, -0.1) is 10.2 Å². The van der Waals surface area contributed by atoms with Gasteiger partial charge in [0.1, 0.15) is 23.1 Å². The summed E-state index contributed by atoms with van der Waals surface area (Å²) in [5.74, 6) is 2.77. The fraction of sp³-hybridized carbons (Fsp3) is 0.500. The lowest BCUT2D eigenvalue weighted by Gasteiger charge is -2.59. The molecule has 1 saturated heterocycles. The van der Waals surface area contributed by atoms with Crippen LogP contribution in [0.15, 0.2) is 30.3 Å². The van der Waals surface area contributed by atoms with Crippen LogP contribution in [0.3, 0.4) is 0 Å². The van der Waals surface area contributed by atoms with Crippen molar-refractivity contribution in [2.45, 2.75) is 57.3 Å². The molecule has 7 rings (SSSR count). The molecule has 2 aliphatic carbocycles. The second-order valence-corrected chi connectivity index (χ2v) is 11.5. The smallest absolute Gasteiger partial charge is 0.151 e. The number of hydrogen-bond acceptors (Lipinski definition) is 5. The lowest BCUT2D eigenvalue weighted by Crippen LogP contribution is -2.62. The zero-order valence-electron chi connectivity index (χ0n) is 19.6. The van der Waals surface area contributed by atoms with E-state index in [1.165, 1.54) is 6.07 Å². The summed E-state index contributed by atoms with van der Waals surface area (Å²) < 4.78 is 30.4. The van der Waals surface area contributed by atoms with Gasteiger partial charge in [0.15, 0.2) is 5.82 Å². The highest BCUT2D eigenvalue weighted by Gasteiger charge is 2.54. The Hall–Kier alpha value is -2.58. The van der Waals surface area contributed by atoms with Crippen LogP contribution in [-0.4, -0.2) is 50.0 Å². The van der Waals surface area contributed by atoms with Crippen LogP contribution in [0.25, 0.3) is 5.69 Å². The average Bonchev–Trinajstić information content (AvgIpc) is 3.39. The molecule has 2 aliphatic heterocycles. The van der Waals surface area contributed by atoms with Gasteiger partial charge in [0.2, 0.25) is 0 Å². The summed E-state index contributed by atoms with van der Waals surface area (Å²) in [6.07, 6.45) is 3.36. The molecule has 1 spiro atoms. The molecule has 0 unspecified atom stereocenters. The lowest BCUT2D eigenvalue weighted by molar-refractivity contribution is 0.0581. The van der Waals surface area contributed by atoms with Gasteiger partial charge >= 0.3 is 0 Å². The first-order chi connectivity index (χ1) is 16.8. The Kier molecular flexibility index (Phi) is 4.62. The van der Waals surface area contributed by atoms with E-state index in [9.17, 15) is 8.78 Å². The van der Waals surface area contributed by atoms with Crippen molar-refractivity contribution >= 4 is 17.4 Å². The number of pyridine rings is 1. The lowest BCUT2D eigenvalue weighted by atomic mass is 9.57. The van der Waals surface area contributed by atoms with Crippen molar-refractivity contribution in [3.8, 4) is 5.69 Å². The highest BCUT2D eigenvalue weighted by molar-refractivity contribution is 6.30. The van der Waals surface area contributed by atoms with Gasteiger partial charge in [0, 0.05) is 42.5 Å². The Labute approximate surface area is 207 Å². The minimum Gasteiger partial charge on any atom is -0.355 e. The topological polar surface area (TPSA) is 50.1 Å². The summed E-state index contributed by atoms with van der Waals surface area (Å²) >= 11 is 6.35. The average molecular weight is 497 g/mol. The first-order valence-corrected chi connectivity index (χ1v) is 12.7. The molecular weight excluding hydrogens is 470 g/mol. The van der Waals surface area contributed by atoms with Crippen molar-refractivity contribution in [1.82, 2.24) is 24.6 Å². The predicted octanol–water partition coefficient (Wildman–Crippen LogP) is 4.96. The first kappa shape index (κ1) is 21.7. The van der Waals surface area contributed by atoms with Crippen molar-refractivity contribution in [3.05, 3.63) is 64.1 Å². The van der Waals surface area contributed by atoms with Crippen LogP contribution >= 0.6 is 11.6 Å². The summed E-state index contributed by atoms with van der Waals surface area (Å²) in [4.78, 5) is 8.78. The Bertz CT molecular complexity index is 1320. The maximum Gasteiger partial charge on any atom is 0.151 e. The second-order valence-electron chi connectivity index (χ2n) is 11.1. The molecule has 1 aromatic carbocycles. The number of benzene rings is 1. The molecule has 2 aromatic heterocycles. The molecular formula is C26H27ClF2N6. The van der Waals surface area contributed by atoms with Crippen LogP contribution in [0, 0.1) is 18.2 Å². The number of rotatable bonds is 4. The molecule has 0 bridgehead atoms. The van der Waals surface area contributed by atoms with Crippen LogP contribution in [0.4, 0.5) is 14.6 Å². The highest BCUT2D eigenvalue weighted by Crippen LogP contribution is 2.56. The van der Waals surface area contributed by atoms with Crippen molar-refractivity contribution in [2.75, 3.05) is 24.5 Å². The largest absolute Gasteiger partial charge is 0.355 e. The van der Waals surface area contributed by atoms with Crippen LogP contribution < -0.4 is 4.90 Å². The number of hydrogen-bond donors (Lipinski definition) is 0. The molecule has 4 heterocycles. The number of alkyl halides is 1. The Morgan fingerprint density at radius 1 is 1.09 bits per heavy atom. The van der Waals surface area contributed by atoms with Crippen molar-refractivity contribution in [3.63, 3.8) is 0 Å². The monoisotopic (exact) mass is 496 g/mol. The van der Waals surface area contributed by atoms with E-state index in [4.69, 9.17) is 11.6 Å². The number of aryl methyl sites for hydroxylation is 1. The van der Waals surface area contributed by atoms with E-state index in [2.05, 4.69) is 29.5 Å². The van der Waals surface area contributed by atoms with Crippen molar-refractivity contribution in [2.24, 2.45) is 5.41 Å². The van der Waals surface area contributed by atoms with Gasteiger partial charge in [0.05, 0.1) is 17.9 Å². The number of halogens is 3. The third-order valence-corrected chi connectivity index (χ3v) is 8.44. The Morgan fingerprint density at radius 3 is 2.63 bits per heavy atom. The fourth-order valence-corrected chi connectivity index (χ4v) is 6.42. The quantitative estimate of drug-likeness (QED) is 0.510. The summed E-state index contributed by atoms with van der Waals surface area (Å²) in [7, 11) is 0. The van der Waals surface area contributed by atoms with Gasteiger partial charge in [-0.05, 0) is 68.5 Å². The summed E-state index contributed by atoms with van der Waals surface area (Å²) in [6.45, 7) is 5.21. The molecule has 0 N–H and O–H groups in total. The van der Waals surface area contributed by atoms with Gasteiger partial charge in [-0.1, -0.05) is 11.6 Å². The van der Waals surface area contributed by atoms with Gasteiger partial charge in [-0.2, -0.15) is 0 Å². The molecule has 0 radical (unpaired) electrons. The van der Waals surface area contributed by atoms with E-state index < -0.39 is 5.67 Å². The third-order valence-electron chi connectivity index (χ3n) is 8.20. The maximum absolute atomic E-state index is 14.6. The number of aromatic nitrogens is 4. The standard InChI is InChI=1S/C26H27ClF2N6/c1-16-20(28)3-5-22(30-16)34-13-25(14-34)9-18(10-25)24-32-31-23-12-33(15-26(29)6-7-26)11-17-8-19(27)2-4-21(17)35(23)24/h2-5,8,18H,6-7,9-15H2,1H3. The van der Waals surface area contributed by atoms with Crippen LogP contribution in [0.5, 0.6) is 0 Å². The minimum atomic E-state index is -1.06. The van der Waals surface area contributed by atoms with E-state index in [-0.39, 0.29) is 11.2 Å². The van der Waals surface area contributed by atoms with Gasteiger partial charge in [-0.3, -0.25) is 9.47 Å². The molecule has 182 valence electrons. The van der Waals surface area contributed by atoms with Crippen LogP contribution in [-0.2, 0) is 13.1 Å². The van der Waals surface area contributed by atoms with Gasteiger partial charge < -0.3 is 4.90 Å². The van der Waals surface area contributed by atoms with Gasteiger partial charge in [0.25, 0.3) is 0 Å². The Balaban J connectivity index is 1.12. The molecule has 0 amide bonds. The molecule has 4 aliphatic rings. The van der Waals surface area contributed by atoms with E-state index >= 15 is 0 Å². The summed E-state index contributed by atoms with van der Waals surface area (Å²) in [6, 6.07) is 9.20. The molecule has 3 aromatic rings. The molecule has 35 heavy (non-hydrogen) atoms. The van der Waals surface area contributed by atoms with Gasteiger partial charge in [-0.25, -0.2) is 13.8 Å². The van der Waals surface area contributed by atoms with Crippen molar-refractivity contribution in [1.29, 1.82) is 0 Å². The maximum atomic E-state index is 14.6. The molecule has 2 saturated carbocycles. The highest BCUT2D eigenvalue weighted by atomic mass is 35.5. The van der Waals surface area contributed by atoms with Crippen molar-refractivity contribution < 1.29 is 8.78 Å². The van der Waals surface area contributed by atoms with E-state index in [0.717, 1.165) is 54.6 Å². The normalized spacial score (nSPS) is 22.2. The second kappa shape index (κ2) is 7.46. The third kappa shape index (κ3) is 3.64. The first-order valence-electron chi connectivity index (χ1n) is 12.3. The van der Waals surface area contributed by atoms with Crippen LogP contribution in [0.2, 0.25) is 5.02 Å². The minimum absolute atomic E-state index is 0.257. The SMILES string of the molecule is Cc1nc(N2CC3(CC(c4nnc5n4-c4ccc(Cl)cc4CN(CC4(F)CC4)C5)C3)C2)ccc1F. The molecule has 9 heteroatoms. The number of anilines is 1. The Morgan fingerprint density at radius 2 is 1.89 bits per heavy atom. The zero-order chi connectivity index (χ0) is 23.9. The predicted molar refractivity (Wildman–Crippen MR) is 129 cm³/mol. The zero-order valence-corrected chi connectivity index (χ0v) is 20.4. The van der Waals surface area contributed by atoms with E-state index in [1.807, 2.05) is 18.2 Å². The van der Waals surface area contributed by atoms with E-state index in [0.29, 0.717) is 49.1 Å².